The number of hydrazone groups is 1. The number of hydrogen-bond acceptors (Lipinski definition) is 6. The topological polar surface area (TPSA) is 105 Å². The standard InChI is InChI=1S/C16H12I2N6O2/c17-12-6-11(15(26)13(18)7-12)8-19-20-14(25)9-24-22-16(21-23-24)10-4-2-1-3-5-10/h1-8,26H,9H2,(H,20,25)/b19-8+. The zero-order valence-corrected chi connectivity index (χ0v) is 17.5. The van der Waals surface area contributed by atoms with E-state index in [-0.39, 0.29) is 12.3 Å². The summed E-state index contributed by atoms with van der Waals surface area (Å²) < 4.78 is 1.67. The van der Waals surface area contributed by atoms with Crippen molar-refractivity contribution in [3.8, 4) is 17.1 Å². The van der Waals surface area contributed by atoms with Crippen LogP contribution in [0.25, 0.3) is 11.4 Å². The van der Waals surface area contributed by atoms with Crippen molar-refractivity contribution < 1.29 is 9.90 Å². The van der Waals surface area contributed by atoms with Gasteiger partial charge in [0.2, 0.25) is 5.82 Å². The third kappa shape index (κ3) is 4.75. The number of phenolic OH excluding ortho intramolecular Hbond substituents is 1. The first kappa shape index (κ1) is 18.7. The van der Waals surface area contributed by atoms with Gasteiger partial charge in [-0.2, -0.15) is 9.90 Å². The van der Waals surface area contributed by atoms with Gasteiger partial charge in [-0.15, -0.1) is 10.2 Å². The summed E-state index contributed by atoms with van der Waals surface area (Å²) in [5.74, 6) is 0.160. The van der Waals surface area contributed by atoms with Crippen LogP contribution in [-0.4, -0.2) is 37.4 Å². The van der Waals surface area contributed by atoms with E-state index in [0.717, 1.165) is 9.13 Å². The molecule has 0 aliphatic rings. The lowest BCUT2D eigenvalue weighted by molar-refractivity contribution is -0.122. The first-order chi connectivity index (χ1) is 12.5. The van der Waals surface area contributed by atoms with E-state index in [1.54, 1.807) is 6.07 Å². The number of carbonyl (C=O) groups is 1. The van der Waals surface area contributed by atoms with Crippen LogP contribution in [0.1, 0.15) is 5.56 Å². The number of aromatic hydroxyl groups is 1. The predicted molar refractivity (Wildman–Crippen MR) is 113 cm³/mol. The number of amides is 1. The summed E-state index contributed by atoms with van der Waals surface area (Å²) in [7, 11) is 0. The van der Waals surface area contributed by atoms with Crippen LogP contribution in [0.4, 0.5) is 0 Å². The van der Waals surface area contributed by atoms with Gasteiger partial charge < -0.3 is 5.11 Å². The Hall–Kier alpha value is -2.09. The molecule has 10 heteroatoms. The number of benzene rings is 2. The van der Waals surface area contributed by atoms with Gasteiger partial charge in [0.15, 0.2) is 0 Å². The Bertz CT molecular complexity index is 959. The molecule has 1 heterocycles. The average Bonchev–Trinajstić information content (AvgIpc) is 3.08. The predicted octanol–water partition coefficient (Wildman–Crippen LogP) is 2.41. The molecule has 26 heavy (non-hydrogen) atoms. The number of tetrazole rings is 1. The lowest BCUT2D eigenvalue weighted by atomic mass is 10.2. The van der Waals surface area contributed by atoms with E-state index in [4.69, 9.17) is 0 Å². The largest absolute Gasteiger partial charge is 0.506 e. The van der Waals surface area contributed by atoms with Gasteiger partial charge in [0.1, 0.15) is 12.3 Å². The highest BCUT2D eigenvalue weighted by Crippen LogP contribution is 2.25. The number of rotatable bonds is 5. The Balaban J connectivity index is 1.61. The van der Waals surface area contributed by atoms with E-state index < -0.39 is 5.91 Å². The normalized spacial score (nSPS) is 11.0. The lowest BCUT2D eigenvalue weighted by Crippen LogP contribution is -2.24. The maximum Gasteiger partial charge on any atom is 0.263 e. The maximum absolute atomic E-state index is 11.9. The number of halogens is 2. The molecule has 3 rings (SSSR count). The van der Waals surface area contributed by atoms with Crippen molar-refractivity contribution in [3.63, 3.8) is 0 Å². The minimum atomic E-state index is -0.405. The zero-order chi connectivity index (χ0) is 18.5. The molecular weight excluding hydrogens is 562 g/mol. The Labute approximate surface area is 176 Å². The summed E-state index contributed by atoms with van der Waals surface area (Å²) in [4.78, 5) is 13.1. The molecule has 132 valence electrons. The van der Waals surface area contributed by atoms with Crippen LogP contribution in [-0.2, 0) is 11.3 Å². The summed E-state index contributed by atoms with van der Waals surface area (Å²) in [6.07, 6.45) is 1.39. The Morgan fingerprint density at radius 2 is 2.04 bits per heavy atom. The molecule has 0 saturated carbocycles. The molecule has 1 amide bonds. The van der Waals surface area contributed by atoms with Gasteiger partial charge >= 0.3 is 0 Å². The Morgan fingerprint density at radius 1 is 1.27 bits per heavy atom. The number of aromatic nitrogens is 4. The minimum Gasteiger partial charge on any atom is -0.506 e. The fourth-order valence-corrected chi connectivity index (χ4v) is 3.92. The second-order valence-corrected chi connectivity index (χ2v) is 7.54. The summed E-state index contributed by atoms with van der Waals surface area (Å²) >= 11 is 4.18. The number of nitrogens with zero attached hydrogens (tertiary/aromatic N) is 5. The van der Waals surface area contributed by atoms with Gasteiger partial charge in [-0.1, -0.05) is 30.3 Å². The van der Waals surface area contributed by atoms with Crippen molar-refractivity contribution in [2.45, 2.75) is 6.54 Å². The summed E-state index contributed by atoms with van der Waals surface area (Å²) in [6, 6.07) is 13.0. The van der Waals surface area contributed by atoms with Gasteiger partial charge in [0.05, 0.1) is 9.78 Å². The maximum atomic E-state index is 11.9. The van der Waals surface area contributed by atoms with Crippen molar-refractivity contribution >= 4 is 57.3 Å². The summed E-state index contributed by atoms with van der Waals surface area (Å²) in [5.41, 5.74) is 3.72. The molecular formula is C16H12I2N6O2. The number of nitrogens with one attached hydrogen (secondary N) is 1. The monoisotopic (exact) mass is 574 g/mol. The highest BCUT2D eigenvalue weighted by molar-refractivity contribution is 14.1. The van der Waals surface area contributed by atoms with Crippen molar-refractivity contribution in [1.29, 1.82) is 0 Å². The van der Waals surface area contributed by atoms with Gasteiger partial charge in [0.25, 0.3) is 5.91 Å². The molecule has 8 nitrogen and oxygen atoms in total. The van der Waals surface area contributed by atoms with Crippen molar-refractivity contribution in [3.05, 3.63) is 55.2 Å². The molecule has 2 N–H and O–H groups in total. The number of hydrogen-bond donors (Lipinski definition) is 2. The quantitative estimate of drug-likeness (QED) is 0.277. The smallest absolute Gasteiger partial charge is 0.263 e. The van der Waals surface area contributed by atoms with Crippen LogP contribution in [0.5, 0.6) is 5.75 Å². The Morgan fingerprint density at radius 3 is 2.81 bits per heavy atom. The van der Waals surface area contributed by atoms with Crippen LogP contribution in [0.15, 0.2) is 47.6 Å². The molecule has 0 atom stereocenters. The van der Waals surface area contributed by atoms with Crippen LogP contribution >= 0.6 is 45.2 Å². The second-order valence-electron chi connectivity index (χ2n) is 5.13. The molecule has 1 aromatic heterocycles. The van der Waals surface area contributed by atoms with Gasteiger partial charge in [-0.25, -0.2) is 5.43 Å². The highest BCUT2D eigenvalue weighted by atomic mass is 127. The molecule has 0 saturated heterocycles. The van der Waals surface area contributed by atoms with E-state index in [9.17, 15) is 9.90 Å². The van der Waals surface area contributed by atoms with Crippen LogP contribution in [0.2, 0.25) is 0 Å². The van der Waals surface area contributed by atoms with Crippen molar-refractivity contribution in [1.82, 2.24) is 25.6 Å². The molecule has 3 aromatic rings. The van der Waals surface area contributed by atoms with E-state index in [0.29, 0.717) is 15.0 Å². The SMILES string of the molecule is O=C(Cn1nnc(-c2ccccc2)n1)N/N=C/c1cc(I)cc(I)c1O. The van der Waals surface area contributed by atoms with Crippen molar-refractivity contribution in [2.75, 3.05) is 0 Å². The fraction of sp³-hybridized carbons (Fsp3) is 0.0625. The Kier molecular flexibility index (Phi) is 6.13. The van der Waals surface area contributed by atoms with E-state index in [2.05, 4.69) is 48.5 Å². The van der Waals surface area contributed by atoms with E-state index in [1.165, 1.54) is 11.0 Å². The number of phenols is 1. The second kappa shape index (κ2) is 8.53. The highest BCUT2D eigenvalue weighted by Gasteiger charge is 2.09. The van der Waals surface area contributed by atoms with Gasteiger partial charge in [0, 0.05) is 14.7 Å². The fourth-order valence-electron chi connectivity index (χ4n) is 2.03. The third-order valence-corrected chi connectivity index (χ3v) is 4.67. The number of carbonyl (C=O) groups excluding carboxylic acids is 1. The first-order valence-corrected chi connectivity index (χ1v) is 9.52. The molecule has 0 bridgehead atoms. The molecule has 0 aliphatic carbocycles. The molecule has 0 aliphatic heterocycles. The molecule has 0 fully saturated rings. The third-order valence-electron chi connectivity index (χ3n) is 3.22. The molecule has 0 radical (unpaired) electrons. The minimum absolute atomic E-state index is 0.118. The summed E-state index contributed by atoms with van der Waals surface area (Å²) in [5, 5.41) is 25.8. The van der Waals surface area contributed by atoms with E-state index in [1.807, 2.05) is 59.0 Å². The average molecular weight is 574 g/mol. The van der Waals surface area contributed by atoms with Gasteiger partial charge in [-0.3, -0.25) is 4.79 Å². The summed E-state index contributed by atoms with van der Waals surface area (Å²) in [6.45, 7) is -0.118. The van der Waals surface area contributed by atoms with Crippen LogP contribution < -0.4 is 5.43 Å². The molecule has 0 unspecified atom stereocenters. The van der Waals surface area contributed by atoms with Crippen LogP contribution in [0, 0.1) is 7.14 Å². The lowest BCUT2D eigenvalue weighted by Gasteiger charge is -2.03. The molecule has 0 spiro atoms. The van der Waals surface area contributed by atoms with E-state index >= 15 is 0 Å². The first-order valence-electron chi connectivity index (χ1n) is 7.36. The zero-order valence-electron chi connectivity index (χ0n) is 13.2. The van der Waals surface area contributed by atoms with Gasteiger partial charge in [-0.05, 0) is 62.5 Å². The molecule has 2 aromatic carbocycles. The van der Waals surface area contributed by atoms with Crippen LogP contribution in [0.3, 0.4) is 0 Å². The van der Waals surface area contributed by atoms with Crippen molar-refractivity contribution in [2.24, 2.45) is 5.10 Å².